The molecule has 0 saturated carbocycles. The first-order valence-corrected chi connectivity index (χ1v) is 5.37. The fourth-order valence-corrected chi connectivity index (χ4v) is 1.12. The van der Waals surface area contributed by atoms with E-state index in [2.05, 4.69) is 0 Å². The van der Waals surface area contributed by atoms with Crippen molar-refractivity contribution in [3.63, 3.8) is 0 Å². The standard InChI is InChI=1S/C12H21NO2/c1-3-4-6-9-12(15)13(2)10-7-5-8-11-14/h3-4,6,9,14H,5,7-8,10-11H2,1-2H3. The molecule has 0 aromatic heterocycles. The van der Waals surface area contributed by atoms with Crippen molar-refractivity contribution in [1.29, 1.82) is 0 Å². The fourth-order valence-electron chi connectivity index (χ4n) is 1.12. The highest BCUT2D eigenvalue weighted by Gasteiger charge is 2.02. The number of amides is 1. The van der Waals surface area contributed by atoms with E-state index < -0.39 is 0 Å². The predicted molar refractivity (Wildman–Crippen MR) is 62.5 cm³/mol. The molecule has 0 radical (unpaired) electrons. The van der Waals surface area contributed by atoms with Crippen molar-refractivity contribution in [2.75, 3.05) is 20.2 Å². The summed E-state index contributed by atoms with van der Waals surface area (Å²) in [6.45, 7) is 2.89. The molecule has 0 aliphatic carbocycles. The minimum atomic E-state index is 0.0251. The van der Waals surface area contributed by atoms with E-state index >= 15 is 0 Å². The second-order valence-electron chi connectivity index (χ2n) is 3.43. The monoisotopic (exact) mass is 211 g/mol. The maximum absolute atomic E-state index is 11.4. The molecule has 0 bridgehead atoms. The van der Waals surface area contributed by atoms with Crippen LogP contribution in [0.15, 0.2) is 24.3 Å². The van der Waals surface area contributed by atoms with Gasteiger partial charge in [0.05, 0.1) is 0 Å². The van der Waals surface area contributed by atoms with E-state index in [1.54, 1.807) is 24.1 Å². The van der Waals surface area contributed by atoms with E-state index in [1.165, 1.54) is 0 Å². The zero-order valence-corrected chi connectivity index (χ0v) is 9.65. The number of hydrogen-bond acceptors (Lipinski definition) is 2. The Kier molecular flexibility index (Phi) is 8.78. The van der Waals surface area contributed by atoms with Gasteiger partial charge in [-0.05, 0) is 26.2 Å². The molecule has 0 aromatic rings. The molecule has 1 amide bonds. The summed E-state index contributed by atoms with van der Waals surface area (Å²) in [5, 5.41) is 8.58. The van der Waals surface area contributed by atoms with Crippen LogP contribution in [0.25, 0.3) is 0 Å². The van der Waals surface area contributed by atoms with Crippen LogP contribution in [0.4, 0.5) is 0 Å². The Morgan fingerprint density at radius 3 is 2.60 bits per heavy atom. The molecule has 0 rings (SSSR count). The lowest BCUT2D eigenvalue weighted by atomic mass is 10.2. The summed E-state index contributed by atoms with van der Waals surface area (Å²) < 4.78 is 0. The Balaban J connectivity index is 3.69. The summed E-state index contributed by atoms with van der Waals surface area (Å²) in [6.07, 6.45) is 9.74. The molecule has 0 fully saturated rings. The van der Waals surface area contributed by atoms with Gasteiger partial charge in [-0.15, -0.1) is 0 Å². The first kappa shape index (κ1) is 13.9. The lowest BCUT2D eigenvalue weighted by Crippen LogP contribution is -2.25. The Morgan fingerprint density at radius 1 is 1.27 bits per heavy atom. The van der Waals surface area contributed by atoms with Crippen molar-refractivity contribution >= 4 is 5.91 Å². The van der Waals surface area contributed by atoms with E-state index in [1.807, 2.05) is 19.1 Å². The molecular weight excluding hydrogens is 190 g/mol. The second-order valence-corrected chi connectivity index (χ2v) is 3.43. The van der Waals surface area contributed by atoms with Crippen LogP contribution in [0.2, 0.25) is 0 Å². The smallest absolute Gasteiger partial charge is 0.246 e. The molecule has 0 aromatic carbocycles. The van der Waals surface area contributed by atoms with E-state index in [0.717, 1.165) is 25.8 Å². The third-order valence-electron chi connectivity index (χ3n) is 2.07. The minimum Gasteiger partial charge on any atom is -0.396 e. The maximum Gasteiger partial charge on any atom is 0.246 e. The zero-order chi connectivity index (χ0) is 11.5. The Bertz CT molecular complexity index is 222. The first-order chi connectivity index (χ1) is 7.22. The average Bonchev–Trinajstić information content (AvgIpc) is 2.24. The second kappa shape index (κ2) is 9.46. The van der Waals surface area contributed by atoms with Gasteiger partial charge in [0.2, 0.25) is 5.91 Å². The largest absolute Gasteiger partial charge is 0.396 e. The van der Waals surface area contributed by atoms with Crippen LogP contribution in [0.1, 0.15) is 26.2 Å². The van der Waals surface area contributed by atoms with Gasteiger partial charge >= 0.3 is 0 Å². The Hall–Kier alpha value is -1.09. The van der Waals surface area contributed by atoms with Gasteiger partial charge in [0, 0.05) is 26.3 Å². The predicted octanol–water partition coefficient (Wildman–Crippen LogP) is 1.74. The van der Waals surface area contributed by atoms with Crippen molar-refractivity contribution in [2.45, 2.75) is 26.2 Å². The molecule has 3 nitrogen and oxygen atoms in total. The maximum atomic E-state index is 11.4. The summed E-state index contributed by atoms with van der Waals surface area (Å²) in [7, 11) is 1.79. The van der Waals surface area contributed by atoms with Crippen LogP contribution in [0.5, 0.6) is 0 Å². The Morgan fingerprint density at radius 2 is 2.00 bits per heavy atom. The number of unbranched alkanes of at least 4 members (excludes halogenated alkanes) is 2. The molecule has 1 N–H and O–H groups in total. The molecule has 0 unspecified atom stereocenters. The fraction of sp³-hybridized carbons (Fsp3) is 0.583. The van der Waals surface area contributed by atoms with E-state index in [4.69, 9.17) is 5.11 Å². The highest BCUT2D eigenvalue weighted by Crippen LogP contribution is 1.97. The van der Waals surface area contributed by atoms with Gasteiger partial charge in [-0.3, -0.25) is 4.79 Å². The average molecular weight is 211 g/mol. The van der Waals surface area contributed by atoms with Crippen LogP contribution >= 0.6 is 0 Å². The number of aliphatic hydroxyl groups excluding tert-OH is 1. The Labute approximate surface area is 92.1 Å². The number of carbonyl (C=O) groups is 1. The van der Waals surface area contributed by atoms with E-state index in [9.17, 15) is 4.79 Å². The number of rotatable bonds is 7. The normalized spacial score (nSPS) is 11.4. The summed E-state index contributed by atoms with van der Waals surface area (Å²) in [4.78, 5) is 13.1. The number of nitrogens with zero attached hydrogens (tertiary/aromatic N) is 1. The topological polar surface area (TPSA) is 40.5 Å². The van der Waals surface area contributed by atoms with Gasteiger partial charge < -0.3 is 10.0 Å². The molecule has 0 aliphatic heterocycles. The SMILES string of the molecule is CC=CC=CC(=O)N(C)CCCCCO. The van der Waals surface area contributed by atoms with Crippen molar-refractivity contribution in [2.24, 2.45) is 0 Å². The lowest BCUT2D eigenvalue weighted by Gasteiger charge is -2.14. The number of carbonyl (C=O) groups excluding carboxylic acids is 1. The van der Waals surface area contributed by atoms with Crippen molar-refractivity contribution in [3.05, 3.63) is 24.3 Å². The van der Waals surface area contributed by atoms with Gasteiger partial charge in [-0.25, -0.2) is 0 Å². The zero-order valence-electron chi connectivity index (χ0n) is 9.65. The van der Waals surface area contributed by atoms with E-state index in [0.29, 0.717) is 0 Å². The van der Waals surface area contributed by atoms with Crippen molar-refractivity contribution in [1.82, 2.24) is 4.90 Å². The van der Waals surface area contributed by atoms with Crippen LogP contribution in [0.3, 0.4) is 0 Å². The molecule has 0 atom stereocenters. The third-order valence-corrected chi connectivity index (χ3v) is 2.07. The summed E-state index contributed by atoms with van der Waals surface area (Å²) >= 11 is 0. The van der Waals surface area contributed by atoms with Crippen LogP contribution in [0, 0.1) is 0 Å². The quantitative estimate of drug-likeness (QED) is 0.396. The van der Waals surface area contributed by atoms with Gasteiger partial charge in [-0.2, -0.15) is 0 Å². The summed E-state index contributed by atoms with van der Waals surface area (Å²) in [5.74, 6) is 0.0251. The van der Waals surface area contributed by atoms with Gasteiger partial charge in [0.25, 0.3) is 0 Å². The van der Waals surface area contributed by atoms with Gasteiger partial charge in [-0.1, -0.05) is 18.2 Å². The highest BCUT2D eigenvalue weighted by molar-refractivity contribution is 5.87. The third kappa shape index (κ3) is 7.94. The first-order valence-electron chi connectivity index (χ1n) is 5.37. The van der Waals surface area contributed by atoms with Gasteiger partial charge in [0.1, 0.15) is 0 Å². The van der Waals surface area contributed by atoms with Gasteiger partial charge in [0.15, 0.2) is 0 Å². The number of aliphatic hydroxyl groups is 1. The molecule has 0 saturated heterocycles. The molecule has 0 aliphatic rings. The molecule has 3 heteroatoms. The lowest BCUT2D eigenvalue weighted by molar-refractivity contribution is -0.124. The number of hydrogen-bond donors (Lipinski definition) is 1. The van der Waals surface area contributed by atoms with E-state index in [-0.39, 0.29) is 12.5 Å². The molecule has 0 heterocycles. The molecule has 86 valence electrons. The summed E-state index contributed by atoms with van der Waals surface area (Å²) in [5.41, 5.74) is 0. The number of allylic oxidation sites excluding steroid dienone is 3. The summed E-state index contributed by atoms with van der Waals surface area (Å²) in [6, 6.07) is 0. The van der Waals surface area contributed by atoms with Crippen LogP contribution < -0.4 is 0 Å². The van der Waals surface area contributed by atoms with Crippen molar-refractivity contribution < 1.29 is 9.90 Å². The molecule has 15 heavy (non-hydrogen) atoms. The van der Waals surface area contributed by atoms with Crippen molar-refractivity contribution in [3.8, 4) is 0 Å². The minimum absolute atomic E-state index is 0.0251. The van der Waals surface area contributed by atoms with Crippen LogP contribution in [-0.2, 0) is 4.79 Å². The highest BCUT2D eigenvalue weighted by atomic mass is 16.2. The molecule has 0 spiro atoms. The molecular formula is C12H21NO2. The van der Waals surface area contributed by atoms with Crippen LogP contribution in [-0.4, -0.2) is 36.1 Å². The number of likely N-dealkylation sites (N-methyl/N-ethyl adjacent to an activating group) is 1.